The molecule has 0 aliphatic rings. The quantitative estimate of drug-likeness (QED) is 0.294. The molecule has 124 valence electrons. The molecule has 0 aliphatic carbocycles. The van der Waals surface area contributed by atoms with E-state index < -0.39 is 0 Å². The van der Waals surface area contributed by atoms with Crippen LogP contribution in [0.1, 0.15) is 34.5 Å². The summed E-state index contributed by atoms with van der Waals surface area (Å²) in [6.45, 7) is 0. The highest BCUT2D eigenvalue weighted by molar-refractivity contribution is 7.99. The molecule has 0 bridgehead atoms. The van der Waals surface area contributed by atoms with Crippen molar-refractivity contribution >= 4 is 62.3 Å². The van der Waals surface area contributed by atoms with Crippen molar-refractivity contribution in [3.8, 4) is 0 Å². The molecule has 0 heterocycles. The lowest BCUT2D eigenvalue weighted by Gasteiger charge is -2.13. The lowest BCUT2D eigenvalue weighted by Crippen LogP contribution is -1.96. The van der Waals surface area contributed by atoms with E-state index in [2.05, 4.69) is 49.5 Å². The fourth-order valence-corrected chi connectivity index (χ4v) is 4.48. The number of benzene rings is 2. The minimum absolute atomic E-state index is 0.297. The second kappa shape index (κ2) is 10.2. The summed E-state index contributed by atoms with van der Waals surface area (Å²) in [5.74, 6) is 2.24. The largest absolute Gasteiger partial charge is 0.171 e. The highest BCUT2D eigenvalue weighted by Crippen LogP contribution is 2.29. The van der Waals surface area contributed by atoms with Gasteiger partial charge in [0.1, 0.15) is 0 Å². The summed E-state index contributed by atoms with van der Waals surface area (Å²) in [4.78, 5) is 1.99. The highest BCUT2D eigenvalue weighted by atomic mass is 32.2. The molecule has 5 heteroatoms. The van der Waals surface area contributed by atoms with E-state index in [4.69, 9.17) is 25.3 Å². The van der Waals surface area contributed by atoms with Crippen LogP contribution in [0.25, 0.3) is 0 Å². The van der Waals surface area contributed by atoms with Gasteiger partial charge in [-0.05, 0) is 59.7 Å². The average Bonchev–Trinajstić information content (AvgIpc) is 2.55. The van der Waals surface area contributed by atoms with Crippen molar-refractivity contribution in [1.82, 2.24) is 0 Å². The SMILES string of the molecule is Sc1ccc(C(S)CCSCCC(S)c2ccc(S)cc2)cc1. The van der Waals surface area contributed by atoms with Crippen molar-refractivity contribution in [2.24, 2.45) is 0 Å². The van der Waals surface area contributed by atoms with Crippen LogP contribution >= 0.6 is 62.3 Å². The van der Waals surface area contributed by atoms with E-state index in [0.29, 0.717) is 10.5 Å². The van der Waals surface area contributed by atoms with Gasteiger partial charge in [0.2, 0.25) is 0 Å². The van der Waals surface area contributed by atoms with Gasteiger partial charge in [0, 0.05) is 20.3 Å². The maximum Gasteiger partial charge on any atom is 0.0274 e. The molecule has 23 heavy (non-hydrogen) atoms. The van der Waals surface area contributed by atoms with Crippen LogP contribution < -0.4 is 0 Å². The van der Waals surface area contributed by atoms with E-state index in [-0.39, 0.29) is 0 Å². The second-order valence-corrected chi connectivity index (χ2v) is 8.91. The van der Waals surface area contributed by atoms with Gasteiger partial charge in [-0.2, -0.15) is 37.0 Å². The van der Waals surface area contributed by atoms with Gasteiger partial charge in [0.15, 0.2) is 0 Å². The molecule has 0 amide bonds. The molecule has 0 saturated heterocycles. The fourth-order valence-electron chi connectivity index (χ4n) is 2.22. The molecule has 0 radical (unpaired) electrons. The predicted octanol–water partition coefficient (Wildman–Crippen LogP) is 6.42. The second-order valence-electron chi connectivity index (χ2n) is 5.40. The number of hydrogen-bond acceptors (Lipinski definition) is 5. The Hall–Kier alpha value is 0.190. The average molecular weight is 399 g/mol. The smallest absolute Gasteiger partial charge is 0.0274 e. The van der Waals surface area contributed by atoms with Crippen LogP contribution in [0, 0.1) is 0 Å². The van der Waals surface area contributed by atoms with E-state index in [1.165, 1.54) is 11.1 Å². The van der Waals surface area contributed by atoms with Gasteiger partial charge in [0.25, 0.3) is 0 Å². The van der Waals surface area contributed by atoms with Gasteiger partial charge in [-0.3, -0.25) is 0 Å². The summed E-state index contributed by atoms with van der Waals surface area (Å²) in [6, 6.07) is 16.5. The molecule has 0 nitrogen and oxygen atoms in total. The summed E-state index contributed by atoms with van der Waals surface area (Å²) in [7, 11) is 0. The van der Waals surface area contributed by atoms with Crippen molar-refractivity contribution < 1.29 is 0 Å². The summed E-state index contributed by atoms with van der Waals surface area (Å²) < 4.78 is 0. The molecule has 2 aromatic rings. The highest BCUT2D eigenvalue weighted by Gasteiger charge is 2.08. The Balaban J connectivity index is 1.65. The first-order valence-electron chi connectivity index (χ1n) is 7.58. The summed E-state index contributed by atoms with van der Waals surface area (Å²) >= 11 is 20.0. The topological polar surface area (TPSA) is 0 Å². The molecule has 0 fully saturated rings. The van der Waals surface area contributed by atoms with Crippen molar-refractivity contribution in [2.45, 2.75) is 33.1 Å². The molecule has 2 aromatic carbocycles. The van der Waals surface area contributed by atoms with E-state index in [1.54, 1.807) is 0 Å². The molecule has 0 aliphatic heterocycles. The molecular weight excluding hydrogens is 377 g/mol. The van der Waals surface area contributed by atoms with Crippen LogP contribution in [0.3, 0.4) is 0 Å². The first-order valence-corrected chi connectivity index (χ1v) is 10.7. The van der Waals surface area contributed by atoms with Gasteiger partial charge in [-0.25, -0.2) is 0 Å². The summed E-state index contributed by atoms with van der Waals surface area (Å²) in [5.41, 5.74) is 2.54. The van der Waals surface area contributed by atoms with Crippen molar-refractivity contribution in [1.29, 1.82) is 0 Å². The van der Waals surface area contributed by atoms with Crippen molar-refractivity contribution in [3.05, 3.63) is 59.7 Å². The molecule has 2 atom stereocenters. The third-order valence-electron chi connectivity index (χ3n) is 3.63. The molecule has 2 rings (SSSR count). The molecule has 0 saturated carbocycles. The zero-order valence-electron chi connectivity index (χ0n) is 12.8. The van der Waals surface area contributed by atoms with Gasteiger partial charge < -0.3 is 0 Å². The predicted molar refractivity (Wildman–Crippen MR) is 117 cm³/mol. The van der Waals surface area contributed by atoms with Gasteiger partial charge >= 0.3 is 0 Å². The Bertz CT molecular complexity index is 526. The zero-order chi connectivity index (χ0) is 16.7. The number of rotatable bonds is 8. The molecule has 0 N–H and O–H groups in total. The van der Waals surface area contributed by atoms with Crippen LogP contribution in [0.4, 0.5) is 0 Å². The van der Waals surface area contributed by atoms with E-state index in [9.17, 15) is 0 Å². The minimum Gasteiger partial charge on any atom is -0.171 e. The van der Waals surface area contributed by atoms with Crippen LogP contribution in [0.2, 0.25) is 0 Å². The molecule has 2 unspecified atom stereocenters. The standard InChI is InChI=1S/C18H22S5/c19-15-5-1-13(2-6-15)17(21)9-11-23-12-10-18(22)14-3-7-16(20)8-4-14/h1-8,17-22H,9-12H2. The van der Waals surface area contributed by atoms with Gasteiger partial charge in [-0.1, -0.05) is 24.3 Å². The normalized spacial score (nSPS) is 13.7. The lowest BCUT2D eigenvalue weighted by molar-refractivity contribution is 0.894. The Morgan fingerprint density at radius 1 is 0.652 bits per heavy atom. The van der Waals surface area contributed by atoms with Gasteiger partial charge in [-0.15, -0.1) is 25.3 Å². The first-order chi connectivity index (χ1) is 11.1. The van der Waals surface area contributed by atoms with E-state index >= 15 is 0 Å². The van der Waals surface area contributed by atoms with E-state index in [0.717, 1.165) is 34.1 Å². The minimum atomic E-state index is 0.297. The maximum atomic E-state index is 4.70. The van der Waals surface area contributed by atoms with Crippen LogP contribution in [-0.2, 0) is 0 Å². The van der Waals surface area contributed by atoms with Crippen molar-refractivity contribution in [3.63, 3.8) is 0 Å². The first kappa shape index (κ1) is 19.5. The Kier molecular flexibility index (Phi) is 8.69. The third kappa shape index (κ3) is 6.91. The van der Waals surface area contributed by atoms with Crippen LogP contribution in [-0.4, -0.2) is 11.5 Å². The Morgan fingerprint density at radius 3 is 1.35 bits per heavy atom. The van der Waals surface area contributed by atoms with Crippen molar-refractivity contribution in [2.75, 3.05) is 11.5 Å². The summed E-state index contributed by atoms with van der Waals surface area (Å²) in [6.07, 6.45) is 2.15. The van der Waals surface area contributed by atoms with Crippen LogP contribution in [0.15, 0.2) is 58.3 Å². The van der Waals surface area contributed by atoms with Gasteiger partial charge in [0.05, 0.1) is 0 Å². The third-order valence-corrected chi connectivity index (χ3v) is 6.38. The summed E-state index contributed by atoms with van der Waals surface area (Å²) in [5, 5.41) is 0.595. The molecule has 0 spiro atoms. The monoisotopic (exact) mass is 398 g/mol. The zero-order valence-corrected chi connectivity index (χ0v) is 17.2. The number of hydrogen-bond donors (Lipinski definition) is 4. The molecular formula is C18H22S5. The van der Waals surface area contributed by atoms with Crippen LogP contribution in [0.5, 0.6) is 0 Å². The lowest BCUT2D eigenvalue weighted by atomic mass is 10.1. The maximum absolute atomic E-state index is 4.70. The number of thioether (sulfide) groups is 1. The Labute approximate surface area is 165 Å². The van der Waals surface area contributed by atoms with E-state index in [1.807, 2.05) is 36.0 Å². The molecule has 0 aromatic heterocycles. The Morgan fingerprint density at radius 2 is 1.00 bits per heavy atom. The number of thiol groups is 4. The fraction of sp³-hybridized carbons (Fsp3) is 0.333.